The Morgan fingerprint density at radius 1 is 0.881 bits per heavy atom. The summed E-state index contributed by atoms with van der Waals surface area (Å²) in [4.78, 5) is 21.5. The van der Waals surface area contributed by atoms with Gasteiger partial charge in [0.05, 0.1) is 36.0 Å². The number of ether oxygens (including phenoxy) is 1. The molecular weight excluding hydrogens is 544 g/mol. The van der Waals surface area contributed by atoms with Crippen LogP contribution in [0.25, 0.3) is 16.9 Å². The molecule has 6 rings (SSSR count). The van der Waals surface area contributed by atoms with Gasteiger partial charge in [-0.25, -0.2) is 14.4 Å². The van der Waals surface area contributed by atoms with Crippen molar-refractivity contribution in [1.29, 1.82) is 0 Å². The number of morpholine rings is 1. The molecule has 42 heavy (non-hydrogen) atoms. The van der Waals surface area contributed by atoms with E-state index in [1.807, 2.05) is 60.6 Å². The highest BCUT2D eigenvalue weighted by molar-refractivity contribution is 7.07. The number of aryl methyl sites for hydroxylation is 1. The van der Waals surface area contributed by atoms with Gasteiger partial charge in [-0.1, -0.05) is 60.2 Å². The van der Waals surface area contributed by atoms with Gasteiger partial charge in [0, 0.05) is 36.8 Å². The summed E-state index contributed by atoms with van der Waals surface area (Å²) < 4.78 is 10.9. The minimum Gasteiger partial charge on any atom is -0.378 e. The Morgan fingerprint density at radius 3 is 2.26 bits per heavy atom. The highest BCUT2D eigenvalue weighted by atomic mass is 32.1. The van der Waals surface area contributed by atoms with E-state index in [-0.39, 0.29) is 5.56 Å². The number of benzene rings is 3. The van der Waals surface area contributed by atoms with E-state index in [1.165, 1.54) is 22.6 Å². The number of aromatic nitrogens is 3. The molecule has 0 amide bonds. The second kappa shape index (κ2) is 11.8. The van der Waals surface area contributed by atoms with Gasteiger partial charge < -0.3 is 9.64 Å². The average Bonchev–Trinajstić information content (AvgIpc) is 3.51. The maximum absolute atomic E-state index is 13.6. The fourth-order valence-electron chi connectivity index (χ4n) is 5.12. The van der Waals surface area contributed by atoms with E-state index in [2.05, 4.69) is 65.7 Å². The monoisotopic (exact) mass is 578 g/mol. The van der Waals surface area contributed by atoms with Crippen LogP contribution in [0.4, 0.5) is 11.4 Å². The highest BCUT2D eigenvalue weighted by Crippen LogP contribution is 2.23. The van der Waals surface area contributed by atoms with E-state index in [0.717, 1.165) is 60.2 Å². The van der Waals surface area contributed by atoms with Crippen LogP contribution in [0.15, 0.2) is 99.1 Å². The van der Waals surface area contributed by atoms with Crippen LogP contribution in [0.5, 0.6) is 0 Å². The number of hydrogen-bond donors (Lipinski definition) is 0. The van der Waals surface area contributed by atoms with Crippen molar-refractivity contribution in [1.82, 2.24) is 14.0 Å². The molecule has 0 atom stereocenters. The van der Waals surface area contributed by atoms with Gasteiger partial charge in [0.25, 0.3) is 5.56 Å². The molecule has 0 spiro atoms. The Bertz CT molecular complexity index is 1850. The maximum atomic E-state index is 13.6. The molecule has 2 aromatic heterocycles. The third-order valence-corrected chi connectivity index (χ3v) is 8.49. The van der Waals surface area contributed by atoms with Gasteiger partial charge in [-0.3, -0.25) is 9.48 Å². The van der Waals surface area contributed by atoms with Crippen molar-refractivity contribution in [3.05, 3.63) is 116 Å². The molecular formula is C33H34N6O2S. The molecule has 1 aliphatic heterocycles. The van der Waals surface area contributed by atoms with E-state index < -0.39 is 0 Å². The number of hydrogen-bond acceptors (Lipinski definition) is 6. The number of rotatable bonds is 6. The van der Waals surface area contributed by atoms with Crippen LogP contribution in [0, 0.1) is 13.8 Å². The van der Waals surface area contributed by atoms with Gasteiger partial charge in [-0.2, -0.15) is 5.10 Å². The molecule has 214 valence electrons. The van der Waals surface area contributed by atoms with Gasteiger partial charge in [0.1, 0.15) is 0 Å². The topological polar surface area (TPSA) is 69.0 Å². The smallest absolute Gasteiger partial charge is 0.297 e. The first-order chi connectivity index (χ1) is 20.4. The van der Waals surface area contributed by atoms with Crippen LogP contribution in [-0.4, -0.2) is 46.1 Å². The molecule has 0 bridgehead atoms. The number of para-hydroxylation sites is 1. The maximum Gasteiger partial charge on any atom is 0.297 e. The van der Waals surface area contributed by atoms with Crippen LogP contribution in [0.2, 0.25) is 0 Å². The van der Waals surface area contributed by atoms with Crippen molar-refractivity contribution < 1.29 is 4.74 Å². The van der Waals surface area contributed by atoms with Gasteiger partial charge in [-0.15, -0.1) is 11.3 Å². The molecule has 3 aromatic carbocycles. The largest absolute Gasteiger partial charge is 0.378 e. The van der Waals surface area contributed by atoms with Gasteiger partial charge >= 0.3 is 0 Å². The molecule has 8 nitrogen and oxygen atoms in total. The minimum atomic E-state index is -0.169. The van der Waals surface area contributed by atoms with Crippen LogP contribution in [0.3, 0.4) is 0 Å². The molecule has 1 aliphatic rings. The SMILES string of the molecule is CC(=Nn1c(-c2ccc(C)cc2)csc1=Nc1c(C)n(C)n(-c2ccccc2)c1=O)c1ccc(N2CCOCC2)cc1. The third kappa shape index (κ3) is 5.41. The average molecular weight is 579 g/mol. The number of anilines is 1. The molecule has 0 aliphatic carbocycles. The van der Waals surface area contributed by atoms with Crippen molar-refractivity contribution in [2.75, 3.05) is 31.2 Å². The first-order valence-electron chi connectivity index (χ1n) is 14.1. The van der Waals surface area contributed by atoms with E-state index >= 15 is 0 Å². The first-order valence-corrected chi connectivity index (χ1v) is 14.9. The Hall–Kier alpha value is -4.47. The summed E-state index contributed by atoms with van der Waals surface area (Å²) in [6.45, 7) is 9.30. The van der Waals surface area contributed by atoms with E-state index in [4.69, 9.17) is 14.8 Å². The lowest BCUT2D eigenvalue weighted by atomic mass is 10.1. The molecule has 0 radical (unpaired) electrons. The van der Waals surface area contributed by atoms with E-state index in [0.29, 0.717) is 10.5 Å². The zero-order valence-electron chi connectivity index (χ0n) is 24.3. The summed E-state index contributed by atoms with van der Waals surface area (Å²) in [6.07, 6.45) is 0. The van der Waals surface area contributed by atoms with Crippen LogP contribution in [-0.2, 0) is 11.8 Å². The number of thiazole rings is 1. The lowest BCUT2D eigenvalue weighted by molar-refractivity contribution is 0.122. The first kappa shape index (κ1) is 27.7. The zero-order chi connectivity index (χ0) is 29.2. The van der Waals surface area contributed by atoms with Crippen LogP contribution >= 0.6 is 11.3 Å². The van der Waals surface area contributed by atoms with Gasteiger partial charge in [0.2, 0.25) is 4.80 Å². The molecule has 1 fully saturated rings. The summed E-state index contributed by atoms with van der Waals surface area (Å²) in [6, 6.07) is 26.5. The Labute approximate surface area is 249 Å². The number of nitrogens with zero attached hydrogens (tertiary/aromatic N) is 6. The Morgan fingerprint density at radius 2 is 1.57 bits per heavy atom. The molecule has 9 heteroatoms. The normalized spacial score (nSPS) is 14.5. The summed E-state index contributed by atoms with van der Waals surface area (Å²) >= 11 is 1.47. The van der Waals surface area contributed by atoms with Gasteiger partial charge in [0.15, 0.2) is 5.69 Å². The second-order valence-electron chi connectivity index (χ2n) is 10.4. The van der Waals surface area contributed by atoms with Crippen molar-refractivity contribution in [2.45, 2.75) is 20.8 Å². The summed E-state index contributed by atoms with van der Waals surface area (Å²) in [5.41, 5.74) is 7.99. The molecule has 0 N–H and O–H groups in total. The minimum absolute atomic E-state index is 0.169. The lowest BCUT2D eigenvalue weighted by Crippen LogP contribution is -2.36. The van der Waals surface area contributed by atoms with Crippen LogP contribution in [0.1, 0.15) is 23.7 Å². The predicted octanol–water partition coefficient (Wildman–Crippen LogP) is 5.66. The fraction of sp³-hybridized carbons (Fsp3) is 0.242. The predicted molar refractivity (Wildman–Crippen MR) is 171 cm³/mol. The van der Waals surface area contributed by atoms with Crippen molar-refractivity contribution >= 4 is 28.4 Å². The molecule has 0 unspecified atom stereocenters. The Kier molecular flexibility index (Phi) is 7.78. The summed E-state index contributed by atoms with van der Waals surface area (Å²) in [5, 5.41) is 7.13. The van der Waals surface area contributed by atoms with Gasteiger partial charge in [-0.05, 0) is 50.6 Å². The van der Waals surface area contributed by atoms with Crippen molar-refractivity contribution in [3.63, 3.8) is 0 Å². The lowest BCUT2D eigenvalue weighted by Gasteiger charge is -2.28. The van der Waals surface area contributed by atoms with E-state index in [9.17, 15) is 4.79 Å². The standard InChI is InChI=1S/C33H34N6O2S/c1-23-10-12-27(13-11-23)30-22-42-33(34-31-25(3)36(4)39(32(31)40)29-8-6-5-7-9-29)38(30)35-24(2)26-14-16-28(17-15-26)37-18-20-41-21-19-37/h5-17,22H,18-21H2,1-4H3. The molecule has 3 heterocycles. The fourth-order valence-corrected chi connectivity index (χ4v) is 5.95. The Balaban J connectivity index is 1.46. The third-order valence-electron chi connectivity index (χ3n) is 7.68. The molecule has 5 aromatic rings. The van der Waals surface area contributed by atoms with Crippen molar-refractivity contribution in [2.24, 2.45) is 17.1 Å². The summed E-state index contributed by atoms with van der Waals surface area (Å²) in [5.74, 6) is 0. The summed E-state index contributed by atoms with van der Waals surface area (Å²) in [7, 11) is 1.88. The highest BCUT2D eigenvalue weighted by Gasteiger charge is 2.17. The van der Waals surface area contributed by atoms with Crippen molar-refractivity contribution in [3.8, 4) is 16.9 Å². The van der Waals surface area contributed by atoms with Crippen LogP contribution < -0.4 is 15.3 Å². The quantitative estimate of drug-likeness (QED) is 0.244. The molecule has 0 saturated carbocycles. The van der Waals surface area contributed by atoms with E-state index in [1.54, 1.807) is 4.68 Å². The zero-order valence-corrected chi connectivity index (χ0v) is 25.1. The molecule has 1 saturated heterocycles. The second-order valence-corrected chi connectivity index (χ2v) is 11.3.